The summed E-state index contributed by atoms with van der Waals surface area (Å²) in [6.07, 6.45) is -5.77. The van der Waals surface area contributed by atoms with Crippen LogP contribution in [0.3, 0.4) is 0 Å². The van der Waals surface area contributed by atoms with Gasteiger partial charge in [0.2, 0.25) is 0 Å². The van der Waals surface area contributed by atoms with Crippen LogP contribution < -0.4 is 0 Å². The molecule has 0 radical (unpaired) electrons. The van der Waals surface area contributed by atoms with Gasteiger partial charge in [-0.2, -0.15) is 11.8 Å². The van der Waals surface area contributed by atoms with Gasteiger partial charge >= 0.3 is 0 Å². The van der Waals surface area contributed by atoms with Crippen molar-refractivity contribution in [3.63, 3.8) is 0 Å². The maximum Gasteiger partial charge on any atom is 0.187 e. The van der Waals surface area contributed by atoms with Crippen molar-refractivity contribution in [2.45, 2.75) is 94.3 Å². The lowest BCUT2D eigenvalue weighted by Gasteiger charge is -2.47. The fraction of sp³-hybridized carbons (Fsp3) is 1.00. The van der Waals surface area contributed by atoms with Crippen molar-refractivity contribution < 1.29 is 44.5 Å². The van der Waals surface area contributed by atoms with E-state index in [-0.39, 0.29) is 6.61 Å². The molecule has 0 amide bonds. The fourth-order valence-corrected chi connectivity index (χ4v) is 5.29. The number of aliphatic hydroxyl groups excluding tert-OH is 5. The predicted octanol–water partition coefficient (Wildman–Crippen LogP) is -0.393. The third kappa shape index (κ3) is 5.67. The second-order valence-electron chi connectivity index (χ2n) is 8.29. The van der Waals surface area contributed by atoms with Crippen molar-refractivity contribution in [3.8, 4) is 0 Å². The minimum absolute atomic E-state index is 0.318. The lowest BCUT2D eigenvalue weighted by Crippen LogP contribution is -2.63. The summed E-state index contributed by atoms with van der Waals surface area (Å²) in [5.41, 5.74) is 0. The standard InChI is InChI=1S/C20H36O9S/c1-2-8-30-10-13-18-15(23)17(25)19(28-13)26-7-5-3-4-6-11-12(9-21)27-20(29-18)16(24)14(11)22/h11-25H,2-10H2,1H3/t11?,12?,13?,14?,15?,16?,17?,18?,19-,20+/m1/s1. The summed E-state index contributed by atoms with van der Waals surface area (Å²) < 4.78 is 23.4. The predicted molar refractivity (Wildman–Crippen MR) is 109 cm³/mol. The molecule has 0 saturated carbocycles. The summed E-state index contributed by atoms with van der Waals surface area (Å²) in [5, 5.41) is 52.4. The largest absolute Gasteiger partial charge is 0.394 e. The third-order valence-corrected chi connectivity index (χ3v) is 7.32. The lowest BCUT2D eigenvalue weighted by molar-refractivity contribution is -0.351. The smallest absolute Gasteiger partial charge is 0.187 e. The van der Waals surface area contributed by atoms with Gasteiger partial charge in [0.15, 0.2) is 12.6 Å². The SMILES string of the molecule is CCCSCC1O[C@H]2OCCCCCC3C(CO)O[C@@H](OC1C(O)C2O)C(O)C3O. The minimum Gasteiger partial charge on any atom is -0.394 e. The third-order valence-electron chi connectivity index (χ3n) is 6.06. The molecule has 0 spiro atoms. The molecule has 6 aliphatic rings. The molecular weight excluding hydrogens is 416 g/mol. The number of ether oxygens (including phenoxy) is 4. The zero-order valence-electron chi connectivity index (χ0n) is 17.4. The summed E-state index contributed by atoms with van der Waals surface area (Å²) in [7, 11) is 0. The molecule has 0 aliphatic carbocycles. The van der Waals surface area contributed by atoms with Gasteiger partial charge in [-0.25, -0.2) is 0 Å². The van der Waals surface area contributed by atoms with Crippen LogP contribution in [0.1, 0.15) is 39.0 Å². The van der Waals surface area contributed by atoms with Gasteiger partial charge in [-0.05, 0) is 25.0 Å². The fourth-order valence-electron chi connectivity index (χ4n) is 4.34. The van der Waals surface area contributed by atoms with Gasteiger partial charge in [0.05, 0.1) is 24.9 Å². The van der Waals surface area contributed by atoms with Crippen LogP contribution in [0.25, 0.3) is 0 Å². The average molecular weight is 453 g/mol. The monoisotopic (exact) mass is 452 g/mol. The van der Waals surface area contributed by atoms with Gasteiger partial charge in [-0.1, -0.05) is 19.8 Å². The molecule has 6 rings (SSSR count). The molecule has 9 nitrogen and oxygen atoms in total. The molecule has 10 atom stereocenters. The first-order valence-corrected chi connectivity index (χ1v) is 12.1. The molecule has 4 bridgehead atoms. The van der Waals surface area contributed by atoms with E-state index in [0.29, 0.717) is 18.8 Å². The van der Waals surface area contributed by atoms with Gasteiger partial charge in [-0.15, -0.1) is 0 Å². The topological polar surface area (TPSA) is 138 Å². The summed E-state index contributed by atoms with van der Waals surface area (Å²) in [6, 6.07) is 0. The van der Waals surface area contributed by atoms with Crippen LogP contribution in [0.5, 0.6) is 0 Å². The van der Waals surface area contributed by atoms with Gasteiger partial charge < -0.3 is 44.5 Å². The van der Waals surface area contributed by atoms with Crippen molar-refractivity contribution in [1.82, 2.24) is 0 Å². The highest BCUT2D eigenvalue weighted by molar-refractivity contribution is 7.99. The van der Waals surface area contributed by atoms with Crippen LogP contribution in [-0.4, -0.2) is 106 Å². The zero-order valence-corrected chi connectivity index (χ0v) is 18.2. The number of rotatable bonds is 5. The molecule has 176 valence electrons. The Morgan fingerprint density at radius 3 is 2.30 bits per heavy atom. The first-order chi connectivity index (χ1) is 14.5. The van der Waals surface area contributed by atoms with Crippen LogP contribution >= 0.6 is 11.8 Å². The van der Waals surface area contributed by atoms with Crippen LogP contribution in [0.4, 0.5) is 0 Å². The van der Waals surface area contributed by atoms with E-state index in [1.54, 1.807) is 11.8 Å². The molecule has 30 heavy (non-hydrogen) atoms. The van der Waals surface area contributed by atoms with Crippen LogP contribution in [0.2, 0.25) is 0 Å². The van der Waals surface area contributed by atoms with Crippen molar-refractivity contribution in [1.29, 1.82) is 0 Å². The second-order valence-corrected chi connectivity index (χ2v) is 9.44. The Kier molecular flexibility index (Phi) is 9.64. The van der Waals surface area contributed by atoms with Crippen molar-refractivity contribution in [2.75, 3.05) is 24.7 Å². The Balaban J connectivity index is 1.84. The molecule has 0 aromatic rings. The van der Waals surface area contributed by atoms with E-state index in [9.17, 15) is 25.5 Å². The van der Waals surface area contributed by atoms with Gasteiger partial charge in [0.25, 0.3) is 0 Å². The quantitative estimate of drug-likeness (QED) is 0.351. The van der Waals surface area contributed by atoms with E-state index < -0.39 is 61.2 Å². The van der Waals surface area contributed by atoms with Crippen molar-refractivity contribution in [2.24, 2.45) is 5.92 Å². The molecule has 6 heterocycles. The lowest BCUT2D eigenvalue weighted by atomic mass is 9.85. The number of thioether (sulfide) groups is 1. The first-order valence-electron chi connectivity index (χ1n) is 11.0. The molecule has 0 aromatic carbocycles. The van der Waals surface area contributed by atoms with E-state index in [1.165, 1.54) is 0 Å². The van der Waals surface area contributed by atoms with E-state index >= 15 is 0 Å². The maximum absolute atomic E-state index is 10.8. The van der Waals surface area contributed by atoms with Crippen LogP contribution in [-0.2, 0) is 18.9 Å². The highest BCUT2D eigenvalue weighted by atomic mass is 32.2. The van der Waals surface area contributed by atoms with Crippen molar-refractivity contribution >= 4 is 11.8 Å². The minimum atomic E-state index is -1.34. The highest BCUT2D eigenvalue weighted by Crippen LogP contribution is 2.34. The summed E-state index contributed by atoms with van der Waals surface area (Å²) in [4.78, 5) is 0. The van der Waals surface area contributed by atoms with Crippen LogP contribution in [0.15, 0.2) is 0 Å². The number of hydrogen-bond donors (Lipinski definition) is 5. The van der Waals surface area contributed by atoms with Crippen molar-refractivity contribution in [3.05, 3.63) is 0 Å². The van der Waals surface area contributed by atoms with Gasteiger partial charge in [0, 0.05) is 18.3 Å². The summed E-state index contributed by atoms with van der Waals surface area (Å²) in [5.74, 6) is 0.973. The summed E-state index contributed by atoms with van der Waals surface area (Å²) in [6.45, 7) is 2.11. The molecular formula is C20H36O9S. The van der Waals surface area contributed by atoms with E-state index in [2.05, 4.69) is 6.92 Å². The molecule has 0 aromatic heterocycles. The Hall–Kier alpha value is -0.0100. The molecule has 6 aliphatic heterocycles. The maximum atomic E-state index is 10.8. The molecule has 5 N–H and O–H groups in total. The highest BCUT2D eigenvalue weighted by Gasteiger charge is 2.50. The van der Waals surface area contributed by atoms with Gasteiger partial charge in [0.1, 0.15) is 24.4 Å². The van der Waals surface area contributed by atoms with Crippen LogP contribution in [0, 0.1) is 5.92 Å². The van der Waals surface area contributed by atoms with E-state index in [1.807, 2.05) is 0 Å². The molecule has 10 heteroatoms. The normalized spacial score (nSPS) is 45.8. The molecule has 8 unspecified atom stereocenters. The number of aliphatic hydroxyl groups is 5. The number of hydrogen-bond acceptors (Lipinski definition) is 10. The Bertz CT molecular complexity index is 511. The van der Waals surface area contributed by atoms with Gasteiger partial charge in [-0.3, -0.25) is 0 Å². The second kappa shape index (κ2) is 11.7. The van der Waals surface area contributed by atoms with E-state index in [4.69, 9.17) is 18.9 Å². The molecule has 6 saturated heterocycles. The Morgan fingerprint density at radius 2 is 1.57 bits per heavy atom. The molecule has 6 fully saturated rings. The summed E-state index contributed by atoms with van der Waals surface area (Å²) >= 11 is 1.63. The zero-order chi connectivity index (χ0) is 21.7. The average Bonchev–Trinajstić information content (AvgIpc) is 2.75. The first kappa shape index (κ1) is 24.6. The Labute approximate surface area is 181 Å². The van der Waals surface area contributed by atoms with E-state index in [0.717, 1.165) is 31.4 Å². The Morgan fingerprint density at radius 1 is 0.833 bits per heavy atom.